The molecule has 0 aromatic heterocycles. The second kappa shape index (κ2) is 5.83. The van der Waals surface area contributed by atoms with Gasteiger partial charge in [0, 0.05) is 18.3 Å². The number of nitrogens with zero attached hydrogens (tertiary/aromatic N) is 1. The van der Waals surface area contributed by atoms with E-state index in [2.05, 4.69) is 23.6 Å². The van der Waals surface area contributed by atoms with Crippen LogP contribution in [0.25, 0.3) is 0 Å². The Hall–Kier alpha value is -1.55. The lowest BCUT2D eigenvalue weighted by Gasteiger charge is -2.24. The van der Waals surface area contributed by atoms with E-state index in [0.717, 1.165) is 44.5 Å². The van der Waals surface area contributed by atoms with Crippen molar-refractivity contribution >= 4 is 11.7 Å². The second-order valence-corrected chi connectivity index (χ2v) is 5.74. The van der Waals surface area contributed by atoms with Crippen LogP contribution >= 0.6 is 0 Å². The number of urea groups is 1. The number of aryl methyl sites for hydroxylation is 1. The SMILES string of the molecule is CCCc1ccccc1NC(=O)N1CCC2NCCC21. The number of amides is 2. The fraction of sp³-hybridized carbons (Fsp3) is 0.562. The first-order chi connectivity index (χ1) is 9.79. The Morgan fingerprint density at radius 2 is 2.25 bits per heavy atom. The summed E-state index contributed by atoms with van der Waals surface area (Å²) in [5.41, 5.74) is 2.19. The van der Waals surface area contributed by atoms with Gasteiger partial charge in [-0.1, -0.05) is 31.5 Å². The van der Waals surface area contributed by atoms with Gasteiger partial charge in [-0.2, -0.15) is 0 Å². The molecule has 3 rings (SSSR count). The van der Waals surface area contributed by atoms with Crippen LogP contribution in [0.2, 0.25) is 0 Å². The van der Waals surface area contributed by atoms with Crippen LogP contribution in [0, 0.1) is 0 Å². The lowest BCUT2D eigenvalue weighted by molar-refractivity contribution is 0.206. The monoisotopic (exact) mass is 273 g/mol. The van der Waals surface area contributed by atoms with Gasteiger partial charge in [0.1, 0.15) is 0 Å². The van der Waals surface area contributed by atoms with E-state index in [1.54, 1.807) is 0 Å². The van der Waals surface area contributed by atoms with E-state index in [-0.39, 0.29) is 6.03 Å². The lowest BCUT2D eigenvalue weighted by Crippen LogP contribution is -2.41. The van der Waals surface area contributed by atoms with E-state index >= 15 is 0 Å². The average Bonchev–Trinajstić information content (AvgIpc) is 3.03. The van der Waals surface area contributed by atoms with Crippen molar-refractivity contribution in [2.45, 2.75) is 44.7 Å². The van der Waals surface area contributed by atoms with Gasteiger partial charge in [0.15, 0.2) is 0 Å². The van der Waals surface area contributed by atoms with Crippen molar-refractivity contribution in [1.82, 2.24) is 10.2 Å². The maximum absolute atomic E-state index is 12.5. The summed E-state index contributed by atoms with van der Waals surface area (Å²) in [5.74, 6) is 0. The normalized spacial score (nSPS) is 24.8. The molecule has 2 aliphatic rings. The molecule has 4 heteroatoms. The molecule has 1 aromatic rings. The number of anilines is 1. The molecule has 20 heavy (non-hydrogen) atoms. The number of hydrogen-bond acceptors (Lipinski definition) is 2. The summed E-state index contributed by atoms with van der Waals surface area (Å²) in [5, 5.41) is 6.59. The quantitative estimate of drug-likeness (QED) is 0.889. The number of carbonyl (C=O) groups excluding carboxylic acids is 1. The Morgan fingerprint density at radius 3 is 3.10 bits per heavy atom. The van der Waals surface area contributed by atoms with E-state index in [4.69, 9.17) is 0 Å². The van der Waals surface area contributed by atoms with E-state index < -0.39 is 0 Å². The van der Waals surface area contributed by atoms with Crippen LogP contribution < -0.4 is 10.6 Å². The van der Waals surface area contributed by atoms with Crippen molar-refractivity contribution in [1.29, 1.82) is 0 Å². The minimum absolute atomic E-state index is 0.0600. The molecule has 4 nitrogen and oxygen atoms in total. The Labute approximate surface area is 120 Å². The van der Waals surface area contributed by atoms with E-state index in [1.807, 2.05) is 23.1 Å². The molecule has 0 aliphatic carbocycles. The van der Waals surface area contributed by atoms with Crippen LogP contribution in [-0.2, 0) is 6.42 Å². The maximum atomic E-state index is 12.5. The van der Waals surface area contributed by atoms with Gasteiger partial charge in [0.25, 0.3) is 0 Å². The molecule has 2 aliphatic heterocycles. The average molecular weight is 273 g/mol. The number of fused-ring (bicyclic) bond motifs is 1. The minimum Gasteiger partial charge on any atom is -0.320 e. The summed E-state index contributed by atoms with van der Waals surface area (Å²) in [7, 11) is 0. The van der Waals surface area contributed by atoms with E-state index in [9.17, 15) is 4.79 Å². The first kappa shape index (κ1) is 13.4. The lowest BCUT2D eigenvalue weighted by atomic mass is 10.1. The molecule has 2 unspecified atom stereocenters. The van der Waals surface area contributed by atoms with Crippen molar-refractivity contribution in [2.75, 3.05) is 18.4 Å². The summed E-state index contributed by atoms with van der Waals surface area (Å²) in [6.07, 6.45) is 4.25. The van der Waals surface area contributed by atoms with Crippen molar-refractivity contribution in [3.8, 4) is 0 Å². The third-order valence-corrected chi connectivity index (χ3v) is 4.43. The molecular weight excluding hydrogens is 250 g/mol. The fourth-order valence-electron chi connectivity index (χ4n) is 3.43. The zero-order valence-corrected chi connectivity index (χ0v) is 12.1. The summed E-state index contributed by atoms with van der Waals surface area (Å²) >= 11 is 0. The molecule has 2 fully saturated rings. The van der Waals surface area contributed by atoms with E-state index in [0.29, 0.717) is 12.1 Å². The van der Waals surface area contributed by atoms with Gasteiger partial charge in [-0.05, 0) is 37.4 Å². The second-order valence-electron chi connectivity index (χ2n) is 5.74. The molecule has 0 bridgehead atoms. The molecule has 0 radical (unpaired) electrons. The van der Waals surface area contributed by atoms with Crippen molar-refractivity contribution in [2.24, 2.45) is 0 Å². The molecule has 2 amide bonds. The molecule has 2 saturated heterocycles. The largest absolute Gasteiger partial charge is 0.322 e. The van der Waals surface area contributed by atoms with Gasteiger partial charge in [0.2, 0.25) is 0 Å². The van der Waals surface area contributed by atoms with Crippen LogP contribution in [0.5, 0.6) is 0 Å². The predicted molar refractivity (Wildman–Crippen MR) is 81.0 cm³/mol. The molecule has 0 spiro atoms. The number of benzene rings is 1. The first-order valence-electron chi connectivity index (χ1n) is 7.68. The van der Waals surface area contributed by atoms with Crippen LogP contribution in [0.3, 0.4) is 0 Å². The van der Waals surface area contributed by atoms with Gasteiger partial charge in [-0.15, -0.1) is 0 Å². The zero-order chi connectivity index (χ0) is 13.9. The highest BCUT2D eigenvalue weighted by molar-refractivity contribution is 5.90. The predicted octanol–water partition coefficient (Wildman–Crippen LogP) is 2.61. The van der Waals surface area contributed by atoms with Crippen molar-refractivity contribution in [3.05, 3.63) is 29.8 Å². The topological polar surface area (TPSA) is 44.4 Å². The zero-order valence-electron chi connectivity index (χ0n) is 12.1. The molecule has 108 valence electrons. The van der Waals surface area contributed by atoms with Crippen LogP contribution in [0.4, 0.5) is 10.5 Å². The summed E-state index contributed by atoms with van der Waals surface area (Å²) in [6, 6.07) is 9.07. The highest BCUT2D eigenvalue weighted by atomic mass is 16.2. The molecule has 0 saturated carbocycles. The number of nitrogens with one attached hydrogen (secondary N) is 2. The van der Waals surface area contributed by atoms with Gasteiger partial charge >= 0.3 is 6.03 Å². The number of carbonyl (C=O) groups is 1. The standard InChI is InChI=1S/C16H23N3O/c1-2-5-12-6-3-4-7-13(12)18-16(20)19-11-9-14-15(19)8-10-17-14/h3-4,6-7,14-15,17H,2,5,8-11H2,1H3,(H,18,20). The maximum Gasteiger partial charge on any atom is 0.322 e. The summed E-state index contributed by atoms with van der Waals surface area (Å²) in [4.78, 5) is 14.5. The highest BCUT2D eigenvalue weighted by Crippen LogP contribution is 2.26. The van der Waals surface area contributed by atoms with Gasteiger partial charge < -0.3 is 15.5 Å². The van der Waals surface area contributed by atoms with E-state index in [1.165, 1.54) is 5.56 Å². The van der Waals surface area contributed by atoms with Crippen LogP contribution in [0.15, 0.2) is 24.3 Å². The smallest absolute Gasteiger partial charge is 0.320 e. The summed E-state index contributed by atoms with van der Waals surface area (Å²) in [6.45, 7) is 4.06. The minimum atomic E-state index is 0.0600. The Bertz CT molecular complexity index is 488. The van der Waals surface area contributed by atoms with Gasteiger partial charge in [-0.3, -0.25) is 0 Å². The number of likely N-dealkylation sites (tertiary alicyclic amines) is 1. The molecule has 2 N–H and O–H groups in total. The summed E-state index contributed by atoms with van der Waals surface area (Å²) < 4.78 is 0. The Kier molecular flexibility index (Phi) is 3.92. The third-order valence-electron chi connectivity index (χ3n) is 4.43. The Morgan fingerprint density at radius 1 is 1.40 bits per heavy atom. The van der Waals surface area contributed by atoms with Crippen LogP contribution in [0.1, 0.15) is 31.7 Å². The van der Waals surface area contributed by atoms with Crippen molar-refractivity contribution in [3.63, 3.8) is 0 Å². The fourth-order valence-corrected chi connectivity index (χ4v) is 3.43. The van der Waals surface area contributed by atoms with Gasteiger partial charge in [-0.25, -0.2) is 4.79 Å². The number of hydrogen-bond donors (Lipinski definition) is 2. The molecule has 2 atom stereocenters. The molecule has 1 aromatic carbocycles. The van der Waals surface area contributed by atoms with Crippen LogP contribution in [-0.4, -0.2) is 36.1 Å². The third kappa shape index (κ3) is 2.52. The van der Waals surface area contributed by atoms with Crippen molar-refractivity contribution < 1.29 is 4.79 Å². The first-order valence-corrected chi connectivity index (χ1v) is 7.68. The highest BCUT2D eigenvalue weighted by Gasteiger charge is 2.39. The number of rotatable bonds is 3. The Balaban J connectivity index is 1.70. The molecule has 2 heterocycles. The molecular formula is C16H23N3O. The van der Waals surface area contributed by atoms with Gasteiger partial charge in [0.05, 0.1) is 6.04 Å². The number of para-hydroxylation sites is 1.